The first-order valence-electron chi connectivity index (χ1n) is 7.89. The zero-order valence-corrected chi connectivity index (χ0v) is 13.6. The van der Waals surface area contributed by atoms with Crippen molar-refractivity contribution in [1.29, 1.82) is 0 Å². The fraction of sp³-hybridized carbons (Fsp3) is 0.529. The number of rotatable bonds is 7. The van der Waals surface area contributed by atoms with Crippen molar-refractivity contribution in [2.24, 2.45) is 13.0 Å². The topological polar surface area (TPSA) is 67.2 Å². The molecule has 1 heterocycles. The number of amides is 1. The summed E-state index contributed by atoms with van der Waals surface area (Å²) in [6, 6.07) is 5.60. The predicted octanol–water partition coefficient (Wildman–Crippen LogP) is 2.41. The lowest BCUT2D eigenvalue weighted by molar-refractivity contribution is 0.0943. The molecule has 0 saturated carbocycles. The van der Waals surface area contributed by atoms with E-state index in [4.69, 9.17) is 5.11 Å². The molecule has 2 rings (SSSR count). The van der Waals surface area contributed by atoms with Crippen molar-refractivity contribution >= 4 is 16.9 Å². The van der Waals surface area contributed by atoms with Gasteiger partial charge >= 0.3 is 0 Å². The molecule has 0 radical (unpaired) electrons. The molecule has 1 atom stereocenters. The Hall–Kier alpha value is -1.88. The maximum atomic E-state index is 12.3. The van der Waals surface area contributed by atoms with Gasteiger partial charge in [0.2, 0.25) is 0 Å². The van der Waals surface area contributed by atoms with Crippen LogP contribution in [-0.2, 0) is 7.05 Å². The van der Waals surface area contributed by atoms with Gasteiger partial charge < -0.3 is 15.0 Å². The van der Waals surface area contributed by atoms with E-state index < -0.39 is 0 Å². The lowest BCUT2D eigenvalue weighted by Crippen LogP contribution is -2.29. The molecule has 5 nitrogen and oxygen atoms in total. The van der Waals surface area contributed by atoms with Gasteiger partial charge in [0, 0.05) is 25.8 Å². The van der Waals surface area contributed by atoms with Crippen molar-refractivity contribution in [2.75, 3.05) is 13.2 Å². The minimum atomic E-state index is -0.0794. The van der Waals surface area contributed by atoms with Gasteiger partial charge in [0.1, 0.15) is 5.82 Å². The predicted molar refractivity (Wildman–Crippen MR) is 87.9 cm³/mol. The summed E-state index contributed by atoms with van der Waals surface area (Å²) >= 11 is 0. The van der Waals surface area contributed by atoms with E-state index in [1.807, 2.05) is 36.7 Å². The Labute approximate surface area is 131 Å². The number of nitrogens with one attached hydrogen (secondary N) is 1. The SMILES string of the molecule is CCCC(CCO)CNC(=O)c1ccc2c(c1)nc(C)n2C. The smallest absolute Gasteiger partial charge is 0.251 e. The second kappa shape index (κ2) is 7.40. The minimum Gasteiger partial charge on any atom is -0.396 e. The van der Waals surface area contributed by atoms with Gasteiger partial charge in [-0.25, -0.2) is 4.98 Å². The summed E-state index contributed by atoms with van der Waals surface area (Å²) < 4.78 is 2.01. The summed E-state index contributed by atoms with van der Waals surface area (Å²) in [6.07, 6.45) is 2.80. The average Bonchev–Trinajstić information content (AvgIpc) is 2.79. The quantitative estimate of drug-likeness (QED) is 0.825. The highest BCUT2D eigenvalue weighted by Crippen LogP contribution is 2.16. The zero-order valence-electron chi connectivity index (χ0n) is 13.6. The molecular weight excluding hydrogens is 278 g/mol. The number of carbonyl (C=O) groups excluding carboxylic acids is 1. The number of nitrogens with zero attached hydrogens (tertiary/aromatic N) is 2. The van der Waals surface area contributed by atoms with E-state index in [1.165, 1.54) is 0 Å². The first-order chi connectivity index (χ1) is 10.6. The monoisotopic (exact) mass is 303 g/mol. The summed E-state index contributed by atoms with van der Waals surface area (Å²) in [5, 5.41) is 12.0. The lowest BCUT2D eigenvalue weighted by Gasteiger charge is -2.15. The highest BCUT2D eigenvalue weighted by atomic mass is 16.3. The number of hydrogen-bond acceptors (Lipinski definition) is 3. The highest BCUT2D eigenvalue weighted by Gasteiger charge is 2.12. The van der Waals surface area contributed by atoms with E-state index in [1.54, 1.807) is 0 Å². The second-order valence-electron chi connectivity index (χ2n) is 5.80. The third-order valence-electron chi connectivity index (χ3n) is 4.15. The van der Waals surface area contributed by atoms with Gasteiger partial charge in [0.05, 0.1) is 11.0 Å². The molecule has 0 fully saturated rings. The molecule has 0 aliphatic heterocycles. The number of aromatic nitrogens is 2. The molecule has 0 aliphatic rings. The van der Waals surface area contributed by atoms with Crippen LogP contribution >= 0.6 is 0 Å². The standard InChI is InChI=1S/C17H25N3O2/c1-4-5-13(8-9-21)11-18-17(22)14-6-7-16-15(10-14)19-12(2)20(16)3/h6-7,10,13,21H,4-5,8-9,11H2,1-3H3,(H,18,22). The first-order valence-corrected chi connectivity index (χ1v) is 7.89. The van der Waals surface area contributed by atoms with E-state index in [0.29, 0.717) is 18.0 Å². The molecule has 1 aromatic carbocycles. The maximum absolute atomic E-state index is 12.3. The Kier molecular flexibility index (Phi) is 5.55. The van der Waals surface area contributed by atoms with E-state index in [0.717, 1.165) is 36.1 Å². The Balaban J connectivity index is 2.06. The number of fused-ring (bicyclic) bond motifs is 1. The van der Waals surface area contributed by atoms with Crippen molar-refractivity contribution in [1.82, 2.24) is 14.9 Å². The first kappa shape index (κ1) is 16.5. The van der Waals surface area contributed by atoms with Gasteiger partial charge in [-0.1, -0.05) is 13.3 Å². The molecule has 0 saturated heterocycles. The molecule has 1 amide bonds. The molecule has 1 unspecified atom stereocenters. The molecule has 5 heteroatoms. The number of aliphatic hydroxyl groups excluding tert-OH is 1. The largest absolute Gasteiger partial charge is 0.396 e. The number of aliphatic hydroxyl groups is 1. The highest BCUT2D eigenvalue weighted by molar-refractivity contribution is 5.97. The Bertz CT molecular complexity index is 643. The second-order valence-corrected chi connectivity index (χ2v) is 5.80. The van der Waals surface area contributed by atoms with Crippen molar-refractivity contribution < 1.29 is 9.90 Å². The molecule has 2 aromatic rings. The van der Waals surface area contributed by atoms with Crippen LogP contribution in [0.15, 0.2) is 18.2 Å². The van der Waals surface area contributed by atoms with Crippen molar-refractivity contribution in [3.8, 4) is 0 Å². The average molecular weight is 303 g/mol. The Morgan fingerprint density at radius 1 is 1.41 bits per heavy atom. The number of imidazole rings is 1. The van der Waals surface area contributed by atoms with Crippen LogP contribution in [-0.4, -0.2) is 33.7 Å². The third-order valence-corrected chi connectivity index (χ3v) is 4.15. The fourth-order valence-electron chi connectivity index (χ4n) is 2.74. The van der Waals surface area contributed by atoms with Gasteiger partial charge in [-0.2, -0.15) is 0 Å². The van der Waals surface area contributed by atoms with E-state index in [9.17, 15) is 4.79 Å². The molecule has 22 heavy (non-hydrogen) atoms. The summed E-state index contributed by atoms with van der Waals surface area (Å²) in [6.45, 7) is 4.83. The zero-order chi connectivity index (χ0) is 16.1. The number of carbonyl (C=O) groups is 1. The lowest BCUT2D eigenvalue weighted by atomic mass is 10.00. The third kappa shape index (κ3) is 3.65. The molecule has 2 N–H and O–H groups in total. The summed E-state index contributed by atoms with van der Waals surface area (Å²) in [4.78, 5) is 16.7. The molecule has 1 aromatic heterocycles. The van der Waals surface area contributed by atoms with Crippen LogP contribution < -0.4 is 5.32 Å². The Morgan fingerprint density at radius 3 is 2.86 bits per heavy atom. The molecule has 0 spiro atoms. The van der Waals surface area contributed by atoms with Crippen LogP contribution in [0.5, 0.6) is 0 Å². The molecular formula is C17H25N3O2. The molecule has 120 valence electrons. The number of hydrogen-bond donors (Lipinski definition) is 2. The van der Waals surface area contributed by atoms with E-state index >= 15 is 0 Å². The van der Waals surface area contributed by atoms with Gasteiger partial charge in [0.25, 0.3) is 5.91 Å². The Morgan fingerprint density at radius 2 is 2.18 bits per heavy atom. The van der Waals surface area contributed by atoms with Crippen LogP contribution in [0.2, 0.25) is 0 Å². The summed E-state index contributed by atoms with van der Waals surface area (Å²) in [7, 11) is 1.97. The number of aryl methyl sites for hydroxylation is 2. The van der Waals surface area contributed by atoms with Gasteiger partial charge in [0.15, 0.2) is 0 Å². The van der Waals surface area contributed by atoms with E-state index in [-0.39, 0.29) is 12.5 Å². The van der Waals surface area contributed by atoms with Crippen LogP contribution in [0.4, 0.5) is 0 Å². The fourth-order valence-corrected chi connectivity index (χ4v) is 2.74. The molecule has 0 bridgehead atoms. The van der Waals surface area contributed by atoms with Gasteiger partial charge in [-0.15, -0.1) is 0 Å². The summed E-state index contributed by atoms with van der Waals surface area (Å²) in [5.41, 5.74) is 2.50. The minimum absolute atomic E-state index is 0.0794. The summed E-state index contributed by atoms with van der Waals surface area (Å²) in [5.74, 6) is 1.18. The molecule has 0 aliphatic carbocycles. The van der Waals surface area contributed by atoms with Gasteiger partial charge in [-0.3, -0.25) is 4.79 Å². The maximum Gasteiger partial charge on any atom is 0.251 e. The van der Waals surface area contributed by atoms with Crippen molar-refractivity contribution in [3.63, 3.8) is 0 Å². The van der Waals surface area contributed by atoms with Gasteiger partial charge in [-0.05, 0) is 43.9 Å². The van der Waals surface area contributed by atoms with Crippen LogP contribution in [0.25, 0.3) is 11.0 Å². The van der Waals surface area contributed by atoms with Crippen molar-refractivity contribution in [2.45, 2.75) is 33.1 Å². The normalized spacial score (nSPS) is 12.5. The number of benzene rings is 1. The van der Waals surface area contributed by atoms with Crippen LogP contribution in [0, 0.1) is 12.8 Å². The van der Waals surface area contributed by atoms with Crippen LogP contribution in [0.1, 0.15) is 42.4 Å². The van der Waals surface area contributed by atoms with Crippen molar-refractivity contribution in [3.05, 3.63) is 29.6 Å². The van der Waals surface area contributed by atoms with Crippen LogP contribution in [0.3, 0.4) is 0 Å². The van der Waals surface area contributed by atoms with E-state index in [2.05, 4.69) is 17.2 Å².